The highest BCUT2D eigenvalue weighted by Crippen LogP contribution is 2.38. The molecule has 0 aliphatic carbocycles. The number of benzene rings is 6. The van der Waals surface area contributed by atoms with Crippen molar-refractivity contribution in [3.05, 3.63) is 156 Å². The molecular weight excluding hydrogens is 480 g/mol. The van der Waals surface area contributed by atoms with Gasteiger partial charge in [0.2, 0.25) is 0 Å². The molecule has 0 spiro atoms. The quantitative estimate of drug-likeness (QED) is 0.215. The average Bonchev–Trinajstić information content (AvgIpc) is 2.96. The van der Waals surface area contributed by atoms with Crippen LogP contribution < -0.4 is 0 Å². The van der Waals surface area contributed by atoms with Crippen molar-refractivity contribution >= 4 is 0 Å². The van der Waals surface area contributed by atoms with E-state index in [9.17, 15) is 0 Å². The van der Waals surface area contributed by atoms with Gasteiger partial charge in [-0.3, -0.25) is 0 Å². The summed E-state index contributed by atoms with van der Waals surface area (Å²) in [6.07, 6.45) is 0. The normalized spacial score (nSPS) is 11.0. The molecule has 194 valence electrons. The largest absolute Gasteiger partial charge is 0.0622 e. The molecule has 0 bridgehead atoms. The summed E-state index contributed by atoms with van der Waals surface area (Å²) in [6.45, 7) is 8.67. The van der Waals surface area contributed by atoms with Crippen LogP contribution in [0.2, 0.25) is 0 Å². The molecule has 0 atom stereocenters. The first-order chi connectivity index (χ1) is 19.4. The summed E-state index contributed by atoms with van der Waals surface area (Å²) >= 11 is 0. The Bertz CT molecular complexity index is 1780. The van der Waals surface area contributed by atoms with Crippen molar-refractivity contribution in [2.45, 2.75) is 27.7 Å². The van der Waals surface area contributed by atoms with Gasteiger partial charge in [-0.2, -0.15) is 0 Å². The van der Waals surface area contributed by atoms with Crippen LogP contribution in [-0.2, 0) is 0 Å². The third-order valence-electron chi connectivity index (χ3n) is 7.58. The van der Waals surface area contributed by atoms with Gasteiger partial charge in [0.25, 0.3) is 0 Å². The topological polar surface area (TPSA) is 0 Å². The SMILES string of the molecule is Cc1cc(C)cc(-c2cccc(-c3ccc(-c4cccc(-c5cc(C)cc(C)c5)c4)c(-c4ccccc4)c3)c2)c1. The lowest BCUT2D eigenvalue weighted by atomic mass is 9.89. The summed E-state index contributed by atoms with van der Waals surface area (Å²) in [5, 5.41) is 0. The molecule has 0 aliphatic heterocycles. The summed E-state index contributed by atoms with van der Waals surface area (Å²) < 4.78 is 0. The molecule has 0 aromatic heterocycles. The zero-order valence-corrected chi connectivity index (χ0v) is 23.7. The highest BCUT2D eigenvalue weighted by atomic mass is 14.2. The molecule has 0 aliphatic rings. The van der Waals surface area contributed by atoms with Crippen molar-refractivity contribution in [3.63, 3.8) is 0 Å². The second-order valence-corrected chi connectivity index (χ2v) is 11.0. The molecule has 0 heterocycles. The maximum absolute atomic E-state index is 2.36. The van der Waals surface area contributed by atoms with E-state index in [2.05, 4.69) is 161 Å². The molecule has 0 N–H and O–H groups in total. The van der Waals surface area contributed by atoms with Crippen molar-refractivity contribution in [2.75, 3.05) is 0 Å². The van der Waals surface area contributed by atoms with Gasteiger partial charge < -0.3 is 0 Å². The van der Waals surface area contributed by atoms with Crippen molar-refractivity contribution in [1.29, 1.82) is 0 Å². The zero-order valence-electron chi connectivity index (χ0n) is 23.7. The first kappa shape index (κ1) is 25.6. The smallest absolute Gasteiger partial charge is 0.00992 e. The van der Waals surface area contributed by atoms with Crippen LogP contribution in [0.4, 0.5) is 0 Å². The minimum absolute atomic E-state index is 1.22. The first-order valence-electron chi connectivity index (χ1n) is 14.0. The summed E-state index contributed by atoms with van der Waals surface area (Å²) in [4.78, 5) is 0. The first-order valence-corrected chi connectivity index (χ1v) is 14.0. The lowest BCUT2D eigenvalue weighted by Crippen LogP contribution is -1.90. The van der Waals surface area contributed by atoms with E-state index in [0.717, 1.165) is 0 Å². The predicted octanol–water partition coefficient (Wildman–Crippen LogP) is 11.3. The number of aryl methyl sites for hydroxylation is 4. The van der Waals surface area contributed by atoms with Crippen molar-refractivity contribution in [1.82, 2.24) is 0 Å². The minimum Gasteiger partial charge on any atom is -0.0622 e. The summed E-state index contributed by atoms with van der Waals surface area (Å²) in [6, 6.07) is 49.1. The molecule has 0 nitrogen and oxygen atoms in total. The van der Waals surface area contributed by atoms with Crippen LogP contribution in [-0.4, -0.2) is 0 Å². The Balaban J connectivity index is 1.47. The van der Waals surface area contributed by atoms with Crippen molar-refractivity contribution in [2.24, 2.45) is 0 Å². The van der Waals surface area contributed by atoms with Gasteiger partial charge in [0.15, 0.2) is 0 Å². The molecule has 0 unspecified atom stereocenters. The van der Waals surface area contributed by atoms with E-state index in [1.807, 2.05) is 0 Å². The van der Waals surface area contributed by atoms with E-state index in [1.165, 1.54) is 77.9 Å². The van der Waals surface area contributed by atoms with E-state index in [1.54, 1.807) is 0 Å². The van der Waals surface area contributed by atoms with E-state index in [-0.39, 0.29) is 0 Å². The lowest BCUT2D eigenvalue weighted by Gasteiger charge is -2.15. The van der Waals surface area contributed by atoms with Crippen molar-refractivity contribution in [3.8, 4) is 55.6 Å². The van der Waals surface area contributed by atoms with E-state index < -0.39 is 0 Å². The van der Waals surface area contributed by atoms with Crippen LogP contribution in [0.3, 0.4) is 0 Å². The highest BCUT2D eigenvalue weighted by molar-refractivity contribution is 5.89. The summed E-state index contributed by atoms with van der Waals surface area (Å²) in [5.41, 5.74) is 17.6. The van der Waals surface area contributed by atoms with E-state index >= 15 is 0 Å². The van der Waals surface area contributed by atoms with Gasteiger partial charge >= 0.3 is 0 Å². The molecule has 0 saturated carbocycles. The molecule has 0 radical (unpaired) electrons. The Labute approximate surface area is 238 Å². The Hall–Kier alpha value is -4.68. The second kappa shape index (κ2) is 10.8. The van der Waals surface area contributed by atoms with Crippen LogP contribution in [0, 0.1) is 27.7 Å². The molecule has 0 saturated heterocycles. The van der Waals surface area contributed by atoms with Gasteiger partial charge in [0.05, 0.1) is 0 Å². The Kier molecular flexibility index (Phi) is 6.93. The Morgan fingerprint density at radius 3 is 1.23 bits per heavy atom. The van der Waals surface area contributed by atoms with E-state index in [4.69, 9.17) is 0 Å². The lowest BCUT2D eigenvalue weighted by molar-refractivity contribution is 1.38. The highest BCUT2D eigenvalue weighted by Gasteiger charge is 2.12. The molecular formula is C40H34. The van der Waals surface area contributed by atoms with Gasteiger partial charge in [-0.15, -0.1) is 0 Å². The maximum Gasteiger partial charge on any atom is -0.00992 e. The van der Waals surface area contributed by atoms with Gasteiger partial charge in [-0.25, -0.2) is 0 Å². The molecule has 6 rings (SSSR count). The molecule has 6 aromatic rings. The number of hydrogen-bond donors (Lipinski definition) is 0. The average molecular weight is 515 g/mol. The summed E-state index contributed by atoms with van der Waals surface area (Å²) in [5.74, 6) is 0. The zero-order chi connectivity index (χ0) is 27.6. The number of rotatable bonds is 5. The molecule has 40 heavy (non-hydrogen) atoms. The minimum atomic E-state index is 1.22. The third kappa shape index (κ3) is 5.40. The molecule has 0 amide bonds. The fourth-order valence-corrected chi connectivity index (χ4v) is 5.86. The van der Waals surface area contributed by atoms with Gasteiger partial charge in [0.1, 0.15) is 0 Å². The second-order valence-electron chi connectivity index (χ2n) is 11.0. The third-order valence-corrected chi connectivity index (χ3v) is 7.58. The Morgan fingerprint density at radius 1 is 0.250 bits per heavy atom. The summed E-state index contributed by atoms with van der Waals surface area (Å²) in [7, 11) is 0. The van der Waals surface area contributed by atoms with Crippen LogP contribution in [0.1, 0.15) is 22.3 Å². The number of hydrogen-bond acceptors (Lipinski definition) is 0. The van der Waals surface area contributed by atoms with Crippen LogP contribution >= 0.6 is 0 Å². The molecule has 0 fully saturated rings. The van der Waals surface area contributed by atoms with Gasteiger partial charge in [-0.1, -0.05) is 138 Å². The molecule has 0 heteroatoms. The Morgan fingerprint density at radius 2 is 0.675 bits per heavy atom. The molecule has 6 aromatic carbocycles. The standard InChI is InChI=1S/C40H34/c1-27-18-28(2)21-37(20-27)33-13-8-12-32(24-33)35-16-17-39(40(26-35)31-10-6-5-7-11-31)36-15-9-14-34(25-36)38-22-29(3)19-30(4)23-38/h5-26H,1-4H3. The van der Waals surface area contributed by atoms with Crippen molar-refractivity contribution < 1.29 is 0 Å². The van der Waals surface area contributed by atoms with Gasteiger partial charge in [-0.05, 0) is 102 Å². The predicted molar refractivity (Wildman–Crippen MR) is 173 cm³/mol. The monoisotopic (exact) mass is 514 g/mol. The van der Waals surface area contributed by atoms with Crippen LogP contribution in [0.5, 0.6) is 0 Å². The maximum atomic E-state index is 2.36. The van der Waals surface area contributed by atoms with E-state index in [0.29, 0.717) is 0 Å². The fourth-order valence-electron chi connectivity index (χ4n) is 5.86. The van der Waals surface area contributed by atoms with Crippen LogP contribution in [0.15, 0.2) is 133 Å². The fraction of sp³-hybridized carbons (Fsp3) is 0.100. The van der Waals surface area contributed by atoms with Crippen LogP contribution in [0.25, 0.3) is 55.6 Å². The van der Waals surface area contributed by atoms with Gasteiger partial charge in [0, 0.05) is 0 Å².